The summed E-state index contributed by atoms with van der Waals surface area (Å²) in [6, 6.07) is 6.22. The third-order valence-electron chi connectivity index (χ3n) is 3.37. The lowest BCUT2D eigenvalue weighted by Gasteiger charge is -2.15. The molecule has 8 heteroatoms. The Kier molecular flexibility index (Phi) is 4.94. The number of para-hydroxylation sites is 1. The van der Waals surface area contributed by atoms with Gasteiger partial charge >= 0.3 is 0 Å². The summed E-state index contributed by atoms with van der Waals surface area (Å²) in [6.07, 6.45) is 0.598. The van der Waals surface area contributed by atoms with Crippen LogP contribution in [0.15, 0.2) is 29.2 Å². The van der Waals surface area contributed by atoms with Gasteiger partial charge < -0.3 is 15.8 Å². The second-order valence-electron chi connectivity index (χ2n) is 4.75. The summed E-state index contributed by atoms with van der Waals surface area (Å²) in [7, 11) is -2.32. The van der Waals surface area contributed by atoms with Crippen LogP contribution in [0.25, 0.3) is 0 Å². The van der Waals surface area contributed by atoms with Crippen LogP contribution in [-0.4, -0.2) is 40.1 Å². The fourth-order valence-electron chi connectivity index (χ4n) is 2.20. The molecule has 0 radical (unpaired) electrons. The van der Waals surface area contributed by atoms with Crippen molar-refractivity contribution in [3.63, 3.8) is 0 Å². The summed E-state index contributed by atoms with van der Waals surface area (Å²) in [4.78, 5) is 12.2. The maximum absolute atomic E-state index is 12.2. The molecule has 1 aromatic carbocycles. The molecule has 2 atom stereocenters. The molecule has 7 nitrogen and oxygen atoms in total. The van der Waals surface area contributed by atoms with E-state index < -0.39 is 16.1 Å². The average molecular weight is 313 g/mol. The van der Waals surface area contributed by atoms with Crippen molar-refractivity contribution in [2.24, 2.45) is 5.73 Å². The number of ether oxygens (including phenoxy) is 1. The number of sulfonamides is 1. The van der Waals surface area contributed by atoms with Crippen molar-refractivity contribution >= 4 is 21.6 Å². The Morgan fingerprint density at radius 1 is 1.38 bits per heavy atom. The molecular formula is C13H19N3O4S. The van der Waals surface area contributed by atoms with Gasteiger partial charge in [-0.3, -0.25) is 4.79 Å². The van der Waals surface area contributed by atoms with Crippen molar-refractivity contribution < 1.29 is 17.9 Å². The van der Waals surface area contributed by atoms with Gasteiger partial charge in [0.05, 0.1) is 11.8 Å². The lowest BCUT2D eigenvalue weighted by Crippen LogP contribution is -2.30. The van der Waals surface area contributed by atoms with E-state index >= 15 is 0 Å². The van der Waals surface area contributed by atoms with Gasteiger partial charge in [0.15, 0.2) is 0 Å². The molecule has 1 heterocycles. The summed E-state index contributed by atoms with van der Waals surface area (Å²) in [6.45, 7) is 0.370. The van der Waals surface area contributed by atoms with Gasteiger partial charge in [0.25, 0.3) is 5.91 Å². The van der Waals surface area contributed by atoms with E-state index in [0.29, 0.717) is 13.0 Å². The Morgan fingerprint density at radius 2 is 2.10 bits per heavy atom. The van der Waals surface area contributed by atoms with Crippen LogP contribution in [0.5, 0.6) is 0 Å². The van der Waals surface area contributed by atoms with Gasteiger partial charge in [0, 0.05) is 6.54 Å². The van der Waals surface area contributed by atoms with Crippen molar-refractivity contribution in [1.29, 1.82) is 0 Å². The zero-order valence-corrected chi connectivity index (χ0v) is 12.5. The normalized spacial score (nSPS) is 22.2. The fraction of sp³-hybridized carbons (Fsp3) is 0.462. The number of anilines is 1. The van der Waals surface area contributed by atoms with Crippen LogP contribution in [0.1, 0.15) is 12.8 Å². The van der Waals surface area contributed by atoms with E-state index in [2.05, 4.69) is 10.0 Å². The van der Waals surface area contributed by atoms with Gasteiger partial charge in [-0.15, -0.1) is 0 Å². The SMILES string of the molecule is CNS(=O)(=O)c1ccccc1NC(=O)C1CCC(CN)O1. The molecule has 1 saturated heterocycles. The van der Waals surface area contributed by atoms with Crippen LogP contribution in [-0.2, 0) is 19.6 Å². The van der Waals surface area contributed by atoms with Crippen molar-refractivity contribution in [3.05, 3.63) is 24.3 Å². The van der Waals surface area contributed by atoms with E-state index in [0.717, 1.165) is 6.42 Å². The van der Waals surface area contributed by atoms with E-state index in [1.807, 2.05) is 0 Å². The first-order valence-corrected chi connectivity index (χ1v) is 8.15. The third kappa shape index (κ3) is 3.59. The number of hydrogen-bond donors (Lipinski definition) is 3. The van der Waals surface area contributed by atoms with Crippen molar-refractivity contribution in [1.82, 2.24) is 4.72 Å². The molecule has 0 aromatic heterocycles. The first-order valence-electron chi connectivity index (χ1n) is 6.67. The first kappa shape index (κ1) is 15.9. The molecule has 1 aliphatic heterocycles. The largest absolute Gasteiger partial charge is 0.364 e. The molecule has 1 fully saturated rings. The van der Waals surface area contributed by atoms with Crippen LogP contribution < -0.4 is 15.8 Å². The summed E-state index contributed by atoms with van der Waals surface area (Å²) >= 11 is 0. The van der Waals surface area contributed by atoms with E-state index in [-0.39, 0.29) is 22.6 Å². The van der Waals surface area contributed by atoms with Gasteiger partial charge in [-0.1, -0.05) is 12.1 Å². The van der Waals surface area contributed by atoms with Gasteiger partial charge in [-0.2, -0.15) is 0 Å². The third-order valence-corrected chi connectivity index (χ3v) is 4.84. The molecule has 116 valence electrons. The second-order valence-corrected chi connectivity index (χ2v) is 6.61. The van der Waals surface area contributed by atoms with E-state index in [4.69, 9.17) is 10.5 Å². The van der Waals surface area contributed by atoms with Gasteiger partial charge in [0.1, 0.15) is 11.0 Å². The first-order chi connectivity index (χ1) is 9.97. The van der Waals surface area contributed by atoms with Crippen LogP contribution in [0, 0.1) is 0 Å². The highest BCUT2D eigenvalue weighted by molar-refractivity contribution is 7.89. The Bertz CT molecular complexity index is 618. The molecule has 0 aliphatic carbocycles. The topological polar surface area (TPSA) is 111 Å². The molecule has 21 heavy (non-hydrogen) atoms. The molecule has 1 aromatic rings. The summed E-state index contributed by atoms with van der Waals surface area (Å²) in [5.41, 5.74) is 5.74. The highest BCUT2D eigenvalue weighted by atomic mass is 32.2. The number of nitrogens with two attached hydrogens (primary N) is 1. The molecule has 1 amide bonds. The molecule has 2 rings (SSSR count). The van der Waals surface area contributed by atoms with E-state index in [1.165, 1.54) is 19.2 Å². The lowest BCUT2D eigenvalue weighted by atomic mass is 10.2. The number of hydrogen-bond acceptors (Lipinski definition) is 5. The predicted molar refractivity (Wildman–Crippen MR) is 78.3 cm³/mol. The molecule has 2 unspecified atom stereocenters. The number of amides is 1. The van der Waals surface area contributed by atoms with Gasteiger partial charge in [-0.05, 0) is 32.0 Å². The number of carbonyl (C=O) groups excluding carboxylic acids is 1. The van der Waals surface area contributed by atoms with Crippen molar-refractivity contribution in [2.75, 3.05) is 18.9 Å². The molecule has 0 saturated carbocycles. The zero-order chi connectivity index (χ0) is 15.5. The quantitative estimate of drug-likeness (QED) is 0.711. The maximum Gasteiger partial charge on any atom is 0.253 e. The monoisotopic (exact) mass is 313 g/mol. The van der Waals surface area contributed by atoms with E-state index in [1.54, 1.807) is 12.1 Å². The number of nitrogens with one attached hydrogen (secondary N) is 2. The van der Waals surface area contributed by atoms with E-state index in [9.17, 15) is 13.2 Å². The fourth-order valence-corrected chi connectivity index (χ4v) is 3.09. The molecule has 0 spiro atoms. The zero-order valence-electron chi connectivity index (χ0n) is 11.7. The standard InChI is InChI=1S/C13H19N3O4S/c1-15-21(18,19)12-5-3-2-4-10(12)16-13(17)11-7-6-9(8-14)20-11/h2-5,9,11,15H,6-8,14H2,1H3,(H,16,17). The minimum absolute atomic E-state index is 0.0224. The van der Waals surface area contributed by atoms with Crippen LogP contribution in [0.2, 0.25) is 0 Å². The smallest absolute Gasteiger partial charge is 0.253 e. The molecule has 0 bridgehead atoms. The Balaban J connectivity index is 2.15. The second kappa shape index (κ2) is 6.52. The lowest BCUT2D eigenvalue weighted by molar-refractivity contribution is -0.126. The number of carbonyl (C=O) groups is 1. The van der Waals surface area contributed by atoms with Crippen LogP contribution in [0.3, 0.4) is 0 Å². The Morgan fingerprint density at radius 3 is 2.71 bits per heavy atom. The molecular weight excluding hydrogens is 294 g/mol. The Labute approximate surface area is 123 Å². The Hall–Kier alpha value is -1.48. The average Bonchev–Trinajstić information content (AvgIpc) is 2.96. The highest BCUT2D eigenvalue weighted by Gasteiger charge is 2.30. The van der Waals surface area contributed by atoms with Gasteiger partial charge in [-0.25, -0.2) is 13.1 Å². The predicted octanol–water partition coefficient (Wildman–Crippen LogP) is 0.0395. The minimum Gasteiger partial charge on any atom is -0.364 e. The molecule has 1 aliphatic rings. The molecule has 4 N–H and O–H groups in total. The van der Waals surface area contributed by atoms with Crippen molar-refractivity contribution in [2.45, 2.75) is 29.9 Å². The maximum atomic E-state index is 12.2. The van der Waals surface area contributed by atoms with Crippen molar-refractivity contribution in [3.8, 4) is 0 Å². The van der Waals surface area contributed by atoms with Crippen LogP contribution in [0.4, 0.5) is 5.69 Å². The number of benzene rings is 1. The van der Waals surface area contributed by atoms with Crippen LogP contribution >= 0.6 is 0 Å². The highest BCUT2D eigenvalue weighted by Crippen LogP contribution is 2.24. The summed E-state index contributed by atoms with van der Waals surface area (Å²) in [5, 5.41) is 2.61. The minimum atomic E-state index is -3.64. The summed E-state index contributed by atoms with van der Waals surface area (Å²) in [5.74, 6) is -0.357. The summed E-state index contributed by atoms with van der Waals surface area (Å²) < 4.78 is 31.5. The number of rotatable bonds is 5. The van der Waals surface area contributed by atoms with Gasteiger partial charge in [0.2, 0.25) is 10.0 Å².